The van der Waals surface area contributed by atoms with Gasteiger partial charge in [-0.2, -0.15) is 0 Å². The Hall–Kier alpha value is -1.52. The fourth-order valence-corrected chi connectivity index (χ4v) is 1.56. The molecule has 5 heteroatoms. The van der Waals surface area contributed by atoms with E-state index in [1.165, 1.54) is 0 Å². The average Bonchev–Trinajstić information content (AvgIpc) is 2.30. The maximum atomic E-state index is 11.9. The summed E-state index contributed by atoms with van der Waals surface area (Å²) < 4.78 is 0. The van der Waals surface area contributed by atoms with Crippen molar-refractivity contribution < 1.29 is 14.7 Å². The van der Waals surface area contributed by atoms with Crippen molar-refractivity contribution in [3.8, 4) is 0 Å². The number of aliphatic carboxylic acids is 1. The molecule has 0 saturated heterocycles. The van der Waals surface area contributed by atoms with Crippen molar-refractivity contribution in [1.29, 1.82) is 0 Å². The molecule has 0 aliphatic rings. The van der Waals surface area contributed by atoms with Gasteiger partial charge in [0.15, 0.2) is 0 Å². The standard InChI is InChI=1S/C13H24N2O3/c1-5-7-8-11(12(16)17)14-13(18)15(6-2)9-10(3)4/h11H,3,5-9H2,1-2,4H3,(H,14,18)(H,16,17). The molecule has 0 fully saturated rings. The van der Waals surface area contributed by atoms with Crippen molar-refractivity contribution in [3.05, 3.63) is 12.2 Å². The number of urea groups is 1. The quantitative estimate of drug-likeness (QED) is 0.654. The molecule has 0 rings (SSSR count). The van der Waals surface area contributed by atoms with E-state index in [4.69, 9.17) is 5.11 Å². The maximum absolute atomic E-state index is 11.9. The second-order valence-corrected chi connectivity index (χ2v) is 4.45. The second kappa shape index (κ2) is 8.55. The summed E-state index contributed by atoms with van der Waals surface area (Å²) in [6.45, 7) is 10.4. The number of hydrogen-bond acceptors (Lipinski definition) is 2. The number of carboxylic acid groups (broad SMARTS) is 1. The van der Waals surface area contributed by atoms with Crippen LogP contribution in [0.5, 0.6) is 0 Å². The van der Waals surface area contributed by atoms with Crippen molar-refractivity contribution in [2.45, 2.75) is 46.1 Å². The summed E-state index contributed by atoms with van der Waals surface area (Å²) in [5.74, 6) is -0.983. The third-order valence-electron chi connectivity index (χ3n) is 2.57. The molecule has 1 atom stereocenters. The smallest absolute Gasteiger partial charge is 0.326 e. The average molecular weight is 256 g/mol. The number of carboxylic acids is 1. The minimum absolute atomic E-state index is 0.344. The number of carbonyl (C=O) groups excluding carboxylic acids is 1. The van der Waals surface area contributed by atoms with E-state index < -0.39 is 12.0 Å². The predicted molar refractivity (Wildman–Crippen MR) is 71.5 cm³/mol. The summed E-state index contributed by atoms with van der Waals surface area (Å²) in [6, 6.07) is -1.15. The Labute approximate surface area is 109 Å². The molecule has 0 radical (unpaired) electrons. The van der Waals surface area contributed by atoms with Crippen LogP contribution in [-0.4, -0.2) is 41.1 Å². The Balaban J connectivity index is 4.46. The van der Waals surface area contributed by atoms with Crippen LogP contribution in [-0.2, 0) is 4.79 Å². The first-order valence-corrected chi connectivity index (χ1v) is 6.34. The summed E-state index contributed by atoms with van der Waals surface area (Å²) in [7, 11) is 0. The molecule has 0 aliphatic carbocycles. The highest BCUT2D eigenvalue weighted by atomic mass is 16.4. The van der Waals surface area contributed by atoms with Crippen LogP contribution in [0.2, 0.25) is 0 Å². The van der Waals surface area contributed by atoms with Crippen molar-refractivity contribution in [2.24, 2.45) is 0 Å². The highest BCUT2D eigenvalue weighted by Crippen LogP contribution is 2.03. The van der Waals surface area contributed by atoms with E-state index in [1.807, 2.05) is 20.8 Å². The fraction of sp³-hybridized carbons (Fsp3) is 0.692. The number of rotatable bonds is 8. The van der Waals surface area contributed by atoms with E-state index in [2.05, 4.69) is 11.9 Å². The molecule has 0 aliphatic heterocycles. The van der Waals surface area contributed by atoms with Crippen LogP contribution >= 0.6 is 0 Å². The number of unbranched alkanes of at least 4 members (excludes halogenated alkanes) is 1. The van der Waals surface area contributed by atoms with Gasteiger partial charge in [0.1, 0.15) is 6.04 Å². The first-order valence-electron chi connectivity index (χ1n) is 6.34. The Morgan fingerprint density at radius 2 is 2.00 bits per heavy atom. The summed E-state index contributed by atoms with van der Waals surface area (Å²) in [5, 5.41) is 11.6. The number of likely N-dealkylation sites (N-methyl/N-ethyl adjacent to an activating group) is 1. The molecule has 0 aromatic heterocycles. The van der Waals surface area contributed by atoms with E-state index >= 15 is 0 Å². The molecule has 0 spiro atoms. The molecule has 5 nitrogen and oxygen atoms in total. The lowest BCUT2D eigenvalue weighted by Crippen LogP contribution is -2.48. The lowest BCUT2D eigenvalue weighted by Gasteiger charge is -2.24. The Morgan fingerprint density at radius 1 is 1.39 bits per heavy atom. The SMILES string of the molecule is C=C(C)CN(CC)C(=O)NC(CCCC)C(=O)O. The van der Waals surface area contributed by atoms with Gasteiger partial charge in [-0.15, -0.1) is 0 Å². The first kappa shape index (κ1) is 16.5. The monoisotopic (exact) mass is 256 g/mol. The minimum atomic E-state index is -0.983. The van der Waals surface area contributed by atoms with Gasteiger partial charge in [-0.1, -0.05) is 31.9 Å². The molecule has 0 aromatic rings. The van der Waals surface area contributed by atoms with Crippen LogP contribution in [0.3, 0.4) is 0 Å². The number of carbonyl (C=O) groups is 2. The lowest BCUT2D eigenvalue weighted by atomic mass is 10.1. The molecule has 2 amide bonds. The van der Waals surface area contributed by atoms with Gasteiger partial charge < -0.3 is 15.3 Å². The van der Waals surface area contributed by atoms with Crippen LogP contribution in [0.15, 0.2) is 12.2 Å². The van der Waals surface area contributed by atoms with Gasteiger partial charge in [0.2, 0.25) is 0 Å². The molecular formula is C13H24N2O3. The van der Waals surface area contributed by atoms with Crippen LogP contribution in [0.25, 0.3) is 0 Å². The molecular weight excluding hydrogens is 232 g/mol. The van der Waals surface area contributed by atoms with Gasteiger partial charge in [0.25, 0.3) is 0 Å². The molecule has 1 unspecified atom stereocenters. The van der Waals surface area contributed by atoms with Gasteiger partial charge >= 0.3 is 12.0 Å². The molecule has 0 heterocycles. The molecule has 18 heavy (non-hydrogen) atoms. The summed E-state index contributed by atoms with van der Waals surface area (Å²) in [6.07, 6.45) is 2.15. The van der Waals surface area contributed by atoms with E-state index in [1.54, 1.807) is 4.90 Å². The second-order valence-electron chi connectivity index (χ2n) is 4.45. The Bertz CT molecular complexity index is 303. The largest absolute Gasteiger partial charge is 0.480 e. The van der Waals surface area contributed by atoms with Gasteiger partial charge in [0, 0.05) is 13.1 Å². The van der Waals surface area contributed by atoms with Crippen molar-refractivity contribution >= 4 is 12.0 Å². The van der Waals surface area contributed by atoms with Crippen LogP contribution in [0.1, 0.15) is 40.0 Å². The zero-order chi connectivity index (χ0) is 14.1. The number of amides is 2. The number of nitrogens with one attached hydrogen (secondary N) is 1. The normalized spacial score (nSPS) is 11.7. The Morgan fingerprint density at radius 3 is 2.39 bits per heavy atom. The molecule has 0 aromatic carbocycles. The predicted octanol–water partition coefficient (Wildman–Crippen LogP) is 2.24. The summed E-state index contributed by atoms with van der Waals surface area (Å²) in [5.41, 5.74) is 0.868. The molecule has 0 saturated carbocycles. The third-order valence-corrected chi connectivity index (χ3v) is 2.57. The summed E-state index contributed by atoms with van der Waals surface area (Å²) >= 11 is 0. The van der Waals surface area contributed by atoms with Crippen LogP contribution < -0.4 is 5.32 Å². The van der Waals surface area contributed by atoms with Gasteiger partial charge in [0.05, 0.1) is 0 Å². The van der Waals surface area contributed by atoms with E-state index in [0.29, 0.717) is 19.5 Å². The fourth-order valence-electron chi connectivity index (χ4n) is 1.56. The third kappa shape index (κ3) is 6.27. The molecule has 0 bridgehead atoms. The van der Waals surface area contributed by atoms with Crippen molar-refractivity contribution in [3.63, 3.8) is 0 Å². The highest BCUT2D eigenvalue weighted by molar-refractivity contribution is 5.82. The Kier molecular flexibility index (Phi) is 7.83. The summed E-state index contributed by atoms with van der Waals surface area (Å²) in [4.78, 5) is 24.5. The van der Waals surface area contributed by atoms with E-state index in [0.717, 1.165) is 18.4 Å². The molecule has 104 valence electrons. The van der Waals surface area contributed by atoms with Crippen LogP contribution in [0.4, 0.5) is 4.79 Å². The lowest BCUT2D eigenvalue weighted by molar-refractivity contribution is -0.139. The maximum Gasteiger partial charge on any atom is 0.326 e. The number of nitrogens with zero attached hydrogens (tertiary/aromatic N) is 1. The van der Waals surface area contributed by atoms with Gasteiger partial charge in [-0.25, -0.2) is 9.59 Å². The van der Waals surface area contributed by atoms with E-state index in [-0.39, 0.29) is 6.03 Å². The first-order chi connectivity index (χ1) is 8.42. The highest BCUT2D eigenvalue weighted by Gasteiger charge is 2.21. The minimum Gasteiger partial charge on any atom is -0.480 e. The van der Waals surface area contributed by atoms with Gasteiger partial charge in [-0.05, 0) is 20.3 Å². The van der Waals surface area contributed by atoms with E-state index in [9.17, 15) is 9.59 Å². The topological polar surface area (TPSA) is 69.6 Å². The molecule has 2 N–H and O–H groups in total. The zero-order valence-electron chi connectivity index (χ0n) is 11.5. The van der Waals surface area contributed by atoms with Crippen LogP contribution in [0, 0.1) is 0 Å². The van der Waals surface area contributed by atoms with Gasteiger partial charge in [-0.3, -0.25) is 0 Å². The van der Waals surface area contributed by atoms with Crippen molar-refractivity contribution in [2.75, 3.05) is 13.1 Å². The number of hydrogen-bond donors (Lipinski definition) is 2. The van der Waals surface area contributed by atoms with Crippen molar-refractivity contribution in [1.82, 2.24) is 10.2 Å². The zero-order valence-corrected chi connectivity index (χ0v) is 11.5.